The summed E-state index contributed by atoms with van der Waals surface area (Å²) in [4.78, 5) is 13.6. The Morgan fingerprint density at radius 3 is 2.53 bits per heavy atom. The van der Waals surface area contributed by atoms with E-state index < -0.39 is 17.7 Å². The van der Waals surface area contributed by atoms with Crippen LogP contribution in [0, 0.1) is 11.6 Å². The van der Waals surface area contributed by atoms with Gasteiger partial charge in [-0.1, -0.05) is 0 Å². The molecule has 4 nitrogen and oxygen atoms in total. The van der Waals surface area contributed by atoms with Crippen molar-refractivity contribution in [1.29, 1.82) is 0 Å². The predicted molar refractivity (Wildman–Crippen MR) is 67.0 cm³/mol. The van der Waals surface area contributed by atoms with Gasteiger partial charge >= 0.3 is 6.03 Å². The molecule has 1 aliphatic rings. The molecule has 0 aromatic heterocycles. The molecule has 6 heteroatoms. The molecule has 0 unspecified atom stereocenters. The van der Waals surface area contributed by atoms with Gasteiger partial charge in [0.1, 0.15) is 11.6 Å². The van der Waals surface area contributed by atoms with Crippen molar-refractivity contribution in [3.63, 3.8) is 0 Å². The highest BCUT2D eigenvalue weighted by Gasteiger charge is 2.26. The van der Waals surface area contributed by atoms with E-state index in [1.54, 1.807) is 4.90 Å². The molecule has 0 saturated carbocycles. The highest BCUT2D eigenvalue weighted by Crippen LogP contribution is 2.17. The summed E-state index contributed by atoms with van der Waals surface area (Å²) in [7, 11) is 0. The topological polar surface area (TPSA) is 41.6 Å². The number of anilines is 1. The molecule has 1 aliphatic heterocycles. The normalized spacial score (nSPS) is 23.3. The number of urea groups is 1. The minimum absolute atomic E-state index is 0.0294. The third kappa shape index (κ3) is 3.41. The number of nitrogens with one attached hydrogen (secondary N) is 1. The number of hydrogen-bond donors (Lipinski definition) is 1. The number of halogens is 2. The lowest BCUT2D eigenvalue weighted by atomic mass is 10.2. The zero-order chi connectivity index (χ0) is 14.0. The molecule has 0 spiro atoms. The number of ether oxygens (including phenoxy) is 1. The second-order valence-electron chi connectivity index (χ2n) is 4.72. The van der Waals surface area contributed by atoms with Gasteiger partial charge in [0.2, 0.25) is 0 Å². The Morgan fingerprint density at radius 1 is 1.32 bits per heavy atom. The molecule has 0 bridgehead atoms. The van der Waals surface area contributed by atoms with Crippen molar-refractivity contribution in [2.75, 3.05) is 18.4 Å². The highest BCUT2D eigenvalue weighted by atomic mass is 19.1. The molecule has 1 heterocycles. The third-order valence-electron chi connectivity index (χ3n) is 2.88. The van der Waals surface area contributed by atoms with Crippen molar-refractivity contribution >= 4 is 11.7 Å². The molecule has 2 rings (SSSR count). The van der Waals surface area contributed by atoms with Crippen LogP contribution in [0.2, 0.25) is 0 Å². The van der Waals surface area contributed by atoms with Crippen molar-refractivity contribution in [3.8, 4) is 0 Å². The van der Waals surface area contributed by atoms with E-state index in [2.05, 4.69) is 5.32 Å². The fourth-order valence-corrected chi connectivity index (χ4v) is 2.13. The van der Waals surface area contributed by atoms with Gasteiger partial charge < -0.3 is 15.0 Å². The molecule has 1 aromatic carbocycles. The number of benzene rings is 1. The zero-order valence-electron chi connectivity index (χ0n) is 10.8. The molecule has 19 heavy (non-hydrogen) atoms. The first-order chi connectivity index (χ1) is 8.95. The largest absolute Gasteiger partial charge is 0.372 e. The van der Waals surface area contributed by atoms with E-state index in [-0.39, 0.29) is 17.9 Å². The summed E-state index contributed by atoms with van der Waals surface area (Å²) < 4.78 is 31.7. The molecule has 0 radical (unpaired) electrons. The van der Waals surface area contributed by atoms with Gasteiger partial charge in [-0.3, -0.25) is 0 Å². The van der Waals surface area contributed by atoms with Crippen molar-refractivity contribution in [2.24, 2.45) is 0 Å². The second-order valence-corrected chi connectivity index (χ2v) is 4.72. The summed E-state index contributed by atoms with van der Waals surface area (Å²) >= 11 is 0. The molecule has 1 N–H and O–H groups in total. The lowest BCUT2D eigenvalue weighted by Crippen LogP contribution is -2.49. The van der Waals surface area contributed by atoms with Gasteiger partial charge in [-0.05, 0) is 26.0 Å². The third-order valence-corrected chi connectivity index (χ3v) is 2.88. The number of morpholine rings is 1. The average Bonchev–Trinajstić information content (AvgIpc) is 2.31. The van der Waals surface area contributed by atoms with Crippen LogP contribution < -0.4 is 5.32 Å². The molecule has 2 amide bonds. The van der Waals surface area contributed by atoms with Crippen LogP contribution in [0.3, 0.4) is 0 Å². The van der Waals surface area contributed by atoms with E-state index in [4.69, 9.17) is 4.74 Å². The van der Waals surface area contributed by atoms with Gasteiger partial charge in [-0.2, -0.15) is 0 Å². The standard InChI is InChI=1S/C13H16F2N2O2/c1-8-6-17(7-9(2)19-8)13(18)16-12-4-3-10(14)5-11(12)15/h3-5,8-9H,6-7H2,1-2H3,(H,16,18)/t8-,9-/m0/s1. The summed E-state index contributed by atoms with van der Waals surface area (Å²) in [5, 5.41) is 2.44. The zero-order valence-corrected chi connectivity index (χ0v) is 10.8. The van der Waals surface area contributed by atoms with Crippen LogP contribution >= 0.6 is 0 Å². The van der Waals surface area contributed by atoms with Crippen LogP contribution in [0.1, 0.15) is 13.8 Å². The van der Waals surface area contributed by atoms with Gasteiger partial charge in [0.05, 0.1) is 17.9 Å². The molecule has 0 aliphatic carbocycles. The summed E-state index contributed by atoms with van der Waals surface area (Å²) in [6.07, 6.45) is -0.125. The smallest absolute Gasteiger partial charge is 0.322 e. The fraction of sp³-hybridized carbons (Fsp3) is 0.462. The summed E-state index contributed by atoms with van der Waals surface area (Å²) in [6.45, 7) is 4.63. The Hall–Kier alpha value is -1.69. The highest BCUT2D eigenvalue weighted by molar-refractivity contribution is 5.89. The average molecular weight is 270 g/mol. The van der Waals surface area contributed by atoms with E-state index in [1.165, 1.54) is 6.07 Å². The Balaban J connectivity index is 2.04. The quantitative estimate of drug-likeness (QED) is 0.852. The van der Waals surface area contributed by atoms with Crippen LogP contribution in [0.25, 0.3) is 0 Å². The Labute approximate surface area is 110 Å². The van der Waals surface area contributed by atoms with Gasteiger partial charge in [0, 0.05) is 19.2 Å². The first-order valence-electron chi connectivity index (χ1n) is 6.12. The van der Waals surface area contributed by atoms with E-state index >= 15 is 0 Å². The molecular formula is C13H16F2N2O2. The molecule has 104 valence electrons. The fourth-order valence-electron chi connectivity index (χ4n) is 2.13. The molecule has 1 saturated heterocycles. The first-order valence-corrected chi connectivity index (χ1v) is 6.12. The Morgan fingerprint density at radius 2 is 1.95 bits per heavy atom. The number of carbonyl (C=O) groups is 1. The van der Waals surface area contributed by atoms with E-state index in [1.807, 2.05) is 13.8 Å². The van der Waals surface area contributed by atoms with E-state index in [9.17, 15) is 13.6 Å². The number of rotatable bonds is 1. The number of nitrogens with zero attached hydrogens (tertiary/aromatic N) is 1. The molecule has 1 fully saturated rings. The van der Waals surface area contributed by atoms with Crippen molar-refractivity contribution in [2.45, 2.75) is 26.1 Å². The Kier molecular flexibility index (Phi) is 3.99. The van der Waals surface area contributed by atoms with Crippen LogP contribution in [0.5, 0.6) is 0 Å². The minimum atomic E-state index is -0.789. The maximum absolute atomic E-state index is 13.4. The van der Waals surface area contributed by atoms with Gasteiger partial charge in [-0.25, -0.2) is 13.6 Å². The monoisotopic (exact) mass is 270 g/mol. The number of amides is 2. The van der Waals surface area contributed by atoms with E-state index in [0.717, 1.165) is 12.1 Å². The van der Waals surface area contributed by atoms with Crippen molar-refractivity contribution in [1.82, 2.24) is 4.90 Å². The lowest BCUT2D eigenvalue weighted by molar-refractivity contribution is -0.0530. The van der Waals surface area contributed by atoms with Crippen LogP contribution in [0.4, 0.5) is 19.3 Å². The van der Waals surface area contributed by atoms with Gasteiger partial charge in [0.25, 0.3) is 0 Å². The van der Waals surface area contributed by atoms with Crippen LogP contribution in [0.15, 0.2) is 18.2 Å². The van der Waals surface area contributed by atoms with Crippen LogP contribution in [-0.2, 0) is 4.74 Å². The van der Waals surface area contributed by atoms with Crippen molar-refractivity contribution in [3.05, 3.63) is 29.8 Å². The van der Waals surface area contributed by atoms with Gasteiger partial charge in [0.15, 0.2) is 0 Å². The SMILES string of the molecule is C[C@H]1CN(C(=O)Nc2ccc(F)cc2F)C[C@H](C)O1. The summed E-state index contributed by atoms with van der Waals surface area (Å²) in [5.74, 6) is -1.47. The maximum Gasteiger partial charge on any atom is 0.322 e. The number of hydrogen-bond acceptors (Lipinski definition) is 2. The first kappa shape index (κ1) is 13.7. The minimum Gasteiger partial charge on any atom is -0.372 e. The number of carbonyl (C=O) groups excluding carboxylic acids is 1. The molecular weight excluding hydrogens is 254 g/mol. The summed E-state index contributed by atoms with van der Waals surface area (Å²) in [5.41, 5.74) is -0.0294. The maximum atomic E-state index is 13.4. The molecule has 2 atom stereocenters. The Bertz CT molecular complexity index is 472. The van der Waals surface area contributed by atoms with Gasteiger partial charge in [-0.15, -0.1) is 0 Å². The summed E-state index contributed by atoms with van der Waals surface area (Å²) in [6, 6.07) is 2.63. The van der Waals surface area contributed by atoms with E-state index in [0.29, 0.717) is 13.1 Å². The lowest BCUT2D eigenvalue weighted by Gasteiger charge is -2.35. The predicted octanol–water partition coefficient (Wildman–Crippen LogP) is 2.61. The second kappa shape index (κ2) is 5.52. The molecule has 1 aromatic rings. The van der Waals surface area contributed by atoms with Crippen molar-refractivity contribution < 1.29 is 18.3 Å². The van der Waals surface area contributed by atoms with Crippen LogP contribution in [-0.4, -0.2) is 36.2 Å².